The summed E-state index contributed by atoms with van der Waals surface area (Å²) in [5, 5.41) is 3.82. The van der Waals surface area contributed by atoms with E-state index in [1.807, 2.05) is 115 Å². The van der Waals surface area contributed by atoms with Gasteiger partial charge in [-0.1, -0.05) is 152 Å². The van der Waals surface area contributed by atoms with E-state index in [9.17, 15) is 4.57 Å². The number of methoxy groups -OCH3 is 2. The Kier molecular flexibility index (Phi) is 12.1. The van der Waals surface area contributed by atoms with Crippen molar-refractivity contribution in [1.82, 2.24) is 19.5 Å². The number of aromatic nitrogens is 4. The van der Waals surface area contributed by atoms with E-state index in [1.165, 1.54) is 6.33 Å². The molecular formula is C45H44N5O7P. The number of imidazole rings is 1. The molecule has 1 aliphatic rings. The Morgan fingerprint density at radius 1 is 0.638 bits per heavy atom. The van der Waals surface area contributed by atoms with Crippen LogP contribution in [0.4, 0.5) is 5.82 Å². The van der Waals surface area contributed by atoms with E-state index in [0.717, 1.165) is 27.8 Å². The number of anilines is 1. The summed E-state index contributed by atoms with van der Waals surface area (Å²) in [5.74, 6) is 0.516. The van der Waals surface area contributed by atoms with Crippen LogP contribution in [-0.4, -0.2) is 58.7 Å². The van der Waals surface area contributed by atoms with Gasteiger partial charge < -0.3 is 19.5 Å². The minimum atomic E-state index is -4.11. The molecule has 8 rings (SSSR count). The standard InChI is InChI=1S/C45H44N5O7P/c1-52-40-38(30-56-58(51,54-28-33-18-8-3-9-19-33)55-29-34-20-10-4-11-21-34)57-44(41(40)53-2)50-32-48-39-42(46-31-47-43(39)50)49-45(35-22-12-5-13-23-35,36-24-14-6-15-25-36)37-26-16-7-17-27-37/h3-27,31-32,38,40-41,44H,28-30H2,1-2H3,(H,46,47,49)/t38-,40-,41-,44-/m1/s1. The SMILES string of the molecule is CO[C@@H]1[C@H](OC)[C@@H](COP(=O)(OCc2ccccc2)OCc2ccccc2)O[C@H]1n1cnc2c(NC(c3ccccc3)(c3ccccc3)c3ccccc3)ncnc21. The number of hydrogen-bond acceptors (Lipinski definition) is 11. The highest BCUT2D eigenvalue weighted by molar-refractivity contribution is 7.48. The molecule has 13 heteroatoms. The van der Waals surface area contributed by atoms with E-state index in [1.54, 1.807) is 25.1 Å². The summed E-state index contributed by atoms with van der Waals surface area (Å²) in [6, 6.07) is 49.6. The Balaban J connectivity index is 1.09. The van der Waals surface area contributed by atoms with Crippen LogP contribution in [0.1, 0.15) is 34.0 Å². The maximum atomic E-state index is 14.2. The van der Waals surface area contributed by atoms with Gasteiger partial charge in [0.05, 0.1) is 26.1 Å². The number of nitrogens with zero attached hydrogens (tertiary/aromatic N) is 4. The van der Waals surface area contributed by atoms with Gasteiger partial charge in [-0.05, 0) is 27.8 Å². The third-order valence-corrected chi connectivity index (χ3v) is 11.6. The van der Waals surface area contributed by atoms with Gasteiger partial charge in [0.1, 0.15) is 30.2 Å². The second-order valence-electron chi connectivity index (χ2n) is 13.7. The number of phosphoric acid groups is 1. The molecule has 0 radical (unpaired) electrons. The van der Waals surface area contributed by atoms with Crippen molar-refractivity contribution in [2.24, 2.45) is 0 Å². The first-order valence-corrected chi connectivity index (χ1v) is 20.4. The predicted octanol–water partition coefficient (Wildman–Crippen LogP) is 8.72. The molecule has 0 saturated carbocycles. The monoisotopic (exact) mass is 797 g/mol. The van der Waals surface area contributed by atoms with Gasteiger partial charge >= 0.3 is 7.82 Å². The summed E-state index contributed by atoms with van der Waals surface area (Å²) in [6.07, 6.45) is 0.397. The van der Waals surface area contributed by atoms with Crippen LogP contribution in [0.3, 0.4) is 0 Å². The lowest BCUT2D eigenvalue weighted by atomic mass is 9.77. The molecule has 12 nitrogen and oxygen atoms in total. The molecule has 1 N–H and O–H groups in total. The Morgan fingerprint density at radius 3 is 1.60 bits per heavy atom. The Morgan fingerprint density at radius 2 is 1.12 bits per heavy atom. The van der Waals surface area contributed by atoms with Crippen LogP contribution in [0.15, 0.2) is 164 Å². The Labute approximate surface area is 337 Å². The lowest BCUT2D eigenvalue weighted by Gasteiger charge is -2.37. The van der Waals surface area contributed by atoms with Gasteiger partial charge in [-0.3, -0.25) is 18.1 Å². The lowest BCUT2D eigenvalue weighted by Crippen LogP contribution is -2.38. The number of phosphoric ester groups is 1. The molecule has 0 amide bonds. The molecule has 0 aliphatic carbocycles. The maximum Gasteiger partial charge on any atom is 0.475 e. The predicted molar refractivity (Wildman–Crippen MR) is 220 cm³/mol. The van der Waals surface area contributed by atoms with Crippen molar-refractivity contribution in [3.05, 3.63) is 192 Å². The van der Waals surface area contributed by atoms with Crippen molar-refractivity contribution in [3.8, 4) is 0 Å². The fourth-order valence-corrected chi connectivity index (χ4v) is 8.59. The zero-order valence-electron chi connectivity index (χ0n) is 32.1. The van der Waals surface area contributed by atoms with Crippen LogP contribution in [0, 0.1) is 0 Å². The van der Waals surface area contributed by atoms with E-state index in [2.05, 4.69) is 46.7 Å². The lowest BCUT2D eigenvalue weighted by molar-refractivity contribution is -0.0596. The van der Waals surface area contributed by atoms with Crippen molar-refractivity contribution in [2.75, 3.05) is 26.1 Å². The van der Waals surface area contributed by atoms with Crippen LogP contribution in [0.25, 0.3) is 11.2 Å². The molecule has 2 aromatic heterocycles. The van der Waals surface area contributed by atoms with Gasteiger partial charge in [0.15, 0.2) is 23.2 Å². The van der Waals surface area contributed by atoms with Gasteiger partial charge in [0, 0.05) is 14.2 Å². The first-order valence-electron chi connectivity index (χ1n) is 19.0. The van der Waals surface area contributed by atoms with Crippen molar-refractivity contribution in [1.29, 1.82) is 0 Å². The highest BCUT2D eigenvalue weighted by Crippen LogP contribution is 2.52. The van der Waals surface area contributed by atoms with E-state index >= 15 is 0 Å². The van der Waals surface area contributed by atoms with Gasteiger partial charge in [0.2, 0.25) is 0 Å². The minimum absolute atomic E-state index is 0.0205. The number of nitrogens with one attached hydrogen (secondary N) is 1. The van der Waals surface area contributed by atoms with Crippen LogP contribution in [0.2, 0.25) is 0 Å². The summed E-state index contributed by atoms with van der Waals surface area (Å²) in [7, 11) is -0.960. The van der Waals surface area contributed by atoms with Gasteiger partial charge in [-0.2, -0.15) is 0 Å². The summed E-state index contributed by atoms with van der Waals surface area (Å²) in [5.41, 5.74) is 4.86. The third kappa shape index (κ3) is 8.22. The molecule has 7 aromatic rings. The number of hydrogen-bond donors (Lipinski definition) is 1. The van der Waals surface area contributed by atoms with Gasteiger partial charge in [0.25, 0.3) is 0 Å². The van der Waals surface area contributed by atoms with Crippen LogP contribution in [0.5, 0.6) is 0 Å². The van der Waals surface area contributed by atoms with Crippen molar-refractivity contribution < 1.29 is 32.3 Å². The van der Waals surface area contributed by atoms with Crippen LogP contribution >= 0.6 is 7.82 Å². The van der Waals surface area contributed by atoms with E-state index in [0.29, 0.717) is 17.0 Å². The molecule has 1 fully saturated rings. The van der Waals surface area contributed by atoms with Crippen molar-refractivity contribution in [3.63, 3.8) is 0 Å². The van der Waals surface area contributed by atoms with Gasteiger partial charge in [-0.15, -0.1) is 0 Å². The maximum absolute atomic E-state index is 14.2. The molecule has 296 valence electrons. The molecule has 3 heterocycles. The fourth-order valence-electron chi connectivity index (χ4n) is 7.42. The molecule has 58 heavy (non-hydrogen) atoms. The molecule has 1 aliphatic heterocycles. The second-order valence-corrected chi connectivity index (χ2v) is 15.4. The van der Waals surface area contributed by atoms with Crippen molar-refractivity contribution >= 4 is 24.8 Å². The molecule has 0 bridgehead atoms. The van der Waals surface area contributed by atoms with E-state index in [-0.39, 0.29) is 19.8 Å². The number of fused-ring (bicyclic) bond motifs is 1. The molecule has 4 atom stereocenters. The average molecular weight is 798 g/mol. The summed E-state index contributed by atoms with van der Waals surface area (Å²) in [6.45, 7) is -0.142. The molecular weight excluding hydrogens is 753 g/mol. The molecule has 0 unspecified atom stereocenters. The summed E-state index contributed by atoms with van der Waals surface area (Å²) in [4.78, 5) is 14.3. The largest absolute Gasteiger partial charge is 0.475 e. The number of rotatable bonds is 17. The van der Waals surface area contributed by atoms with E-state index in [4.69, 9.17) is 37.7 Å². The first kappa shape index (κ1) is 39.3. The van der Waals surface area contributed by atoms with Crippen LogP contribution < -0.4 is 5.32 Å². The summed E-state index contributed by atoms with van der Waals surface area (Å²) < 4.78 is 52.3. The zero-order chi connectivity index (χ0) is 39.8. The molecule has 1 saturated heterocycles. The minimum Gasteiger partial charge on any atom is -0.376 e. The molecule has 5 aromatic carbocycles. The Hall–Kier alpha value is -5.56. The normalized spacial score (nSPS) is 18.4. The average Bonchev–Trinajstić information content (AvgIpc) is 3.89. The fraction of sp³-hybridized carbons (Fsp3) is 0.222. The smallest absolute Gasteiger partial charge is 0.376 e. The zero-order valence-corrected chi connectivity index (χ0v) is 33.0. The summed E-state index contributed by atoms with van der Waals surface area (Å²) >= 11 is 0. The number of benzene rings is 5. The Bertz CT molecular complexity index is 2270. The number of ether oxygens (including phenoxy) is 3. The quantitative estimate of drug-likeness (QED) is 0.0702. The third-order valence-electron chi connectivity index (χ3n) is 10.3. The highest BCUT2D eigenvalue weighted by atomic mass is 31.2. The van der Waals surface area contributed by atoms with Crippen LogP contribution in [-0.2, 0) is 51.1 Å². The van der Waals surface area contributed by atoms with Gasteiger partial charge in [-0.25, -0.2) is 19.5 Å². The highest BCUT2D eigenvalue weighted by Gasteiger charge is 2.48. The second kappa shape index (κ2) is 17.9. The topological polar surface area (TPSA) is 128 Å². The first-order chi connectivity index (χ1) is 28.5. The van der Waals surface area contributed by atoms with Crippen molar-refractivity contribution in [2.45, 2.75) is 43.3 Å². The molecule has 0 spiro atoms. The van der Waals surface area contributed by atoms with E-state index < -0.39 is 37.9 Å².